The number of sulfone groups is 1. The van der Waals surface area contributed by atoms with E-state index in [2.05, 4.69) is 5.32 Å². The maximum atomic E-state index is 11.8. The van der Waals surface area contributed by atoms with E-state index in [0.29, 0.717) is 17.7 Å². The van der Waals surface area contributed by atoms with Gasteiger partial charge in [0.1, 0.15) is 10.6 Å². The first-order valence-corrected chi connectivity index (χ1v) is 6.59. The van der Waals surface area contributed by atoms with E-state index >= 15 is 0 Å². The molecular weight excluding hydrogens is 226 g/mol. The molecule has 0 amide bonds. The first kappa shape index (κ1) is 11.2. The van der Waals surface area contributed by atoms with Crippen molar-refractivity contribution in [2.75, 3.05) is 13.1 Å². The highest BCUT2D eigenvalue weighted by Crippen LogP contribution is 2.38. The smallest absolute Gasteiger partial charge is 0.204 e. The monoisotopic (exact) mass is 239 g/mol. The average molecular weight is 239 g/mol. The van der Waals surface area contributed by atoms with Crippen molar-refractivity contribution in [2.45, 2.75) is 11.8 Å². The summed E-state index contributed by atoms with van der Waals surface area (Å²) in [5.74, 6) is -0.180. The zero-order valence-corrected chi connectivity index (χ0v) is 9.71. The van der Waals surface area contributed by atoms with Crippen LogP contribution in [0.2, 0.25) is 0 Å². The zero-order valence-electron chi connectivity index (χ0n) is 8.90. The maximum Gasteiger partial charge on any atom is 0.204 e. The number of likely N-dealkylation sites (N-methyl/N-ethyl adjacent to an activating group) is 1. The van der Waals surface area contributed by atoms with E-state index in [1.807, 2.05) is 6.92 Å². The predicted octanol–water partition coefficient (Wildman–Crippen LogP) is 1.13. The SMILES string of the molecule is CCNCC1=CS(=O)(=O)c2c(O)cccc21. The molecule has 0 saturated carbocycles. The molecule has 1 aromatic carbocycles. The van der Waals surface area contributed by atoms with Gasteiger partial charge in [-0.15, -0.1) is 0 Å². The quantitative estimate of drug-likeness (QED) is 0.829. The molecule has 0 spiro atoms. The molecule has 0 unspecified atom stereocenters. The molecule has 2 rings (SSSR count). The number of aromatic hydroxyl groups is 1. The van der Waals surface area contributed by atoms with Crippen molar-refractivity contribution in [3.8, 4) is 5.75 Å². The second-order valence-corrected chi connectivity index (χ2v) is 5.36. The van der Waals surface area contributed by atoms with Gasteiger partial charge in [0.25, 0.3) is 0 Å². The maximum absolute atomic E-state index is 11.8. The standard InChI is InChI=1S/C11H13NO3S/c1-2-12-6-8-7-16(14,15)11-9(8)4-3-5-10(11)13/h3-5,7,12-13H,2,6H2,1H3. The van der Waals surface area contributed by atoms with E-state index in [-0.39, 0.29) is 10.6 Å². The minimum absolute atomic E-state index is 0.0305. The van der Waals surface area contributed by atoms with Gasteiger partial charge in [-0.1, -0.05) is 19.1 Å². The van der Waals surface area contributed by atoms with Crippen LogP contribution >= 0.6 is 0 Å². The van der Waals surface area contributed by atoms with Gasteiger partial charge in [-0.05, 0) is 18.2 Å². The lowest BCUT2D eigenvalue weighted by Crippen LogP contribution is -2.14. The molecule has 0 radical (unpaired) electrons. The zero-order chi connectivity index (χ0) is 11.8. The van der Waals surface area contributed by atoms with E-state index in [1.54, 1.807) is 12.1 Å². The Kier molecular flexibility index (Phi) is 2.73. The second kappa shape index (κ2) is 3.92. The third kappa shape index (κ3) is 1.72. The van der Waals surface area contributed by atoms with Crippen LogP contribution in [-0.4, -0.2) is 26.6 Å². The number of hydrogen-bond acceptors (Lipinski definition) is 4. The molecule has 0 atom stereocenters. The van der Waals surface area contributed by atoms with Crippen LogP contribution in [0.4, 0.5) is 0 Å². The van der Waals surface area contributed by atoms with Gasteiger partial charge in [-0.25, -0.2) is 8.42 Å². The number of hydrogen-bond donors (Lipinski definition) is 2. The second-order valence-electron chi connectivity index (χ2n) is 3.62. The number of fused-ring (bicyclic) bond motifs is 1. The van der Waals surface area contributed by atoms with Crippen LogP contribution in [0.5, 0.6) is 5.75 Å². The fourth-order valence-electron chi connectivity index (χ4n) is 1.78. The van der Waals surface area contributed by atoms with Crippen LogP contribution < -0.4 is 5.32 Å². The molecule has 1 heterocycles. The number of phenolic OH excluding ortho intramolecular Hbond substituents is 1. The van der Waals surface area contributed by atoms with Crippen LogP contribution in [0, 0.1) is 0 Å². The van der Waals surface area contributed by atoms with E-state index in [1.165, 1.54) is 11.5 Å². The summed E-state index contributed by atoms with van der Waals surface area (Å²) in [6, 6.07) is 4.75. The highest BCUT2D eigenvalue weighted by Gasteiger charge is 2.29. The van der Waals surface area contributed by atoms with Crippen LogP contribution in [0.3, 0.4) is 0 Å². The predicted molar refractivity (Wildman–Crippen MR) is 61.8 cm³/mol. The van der Waals surface area contributed by atoms with E-state index in [0.717, 1.165) is 6.54 Å². The van der Waals surface area contributed by atoms with Gasteiger partial charge < -0.3 is 10.4 Å². The Labute approximate surface area is 94.5 Å². The van der Waals surface area contributed by atoms with Gasteiger partial charge in [-0.2, -0.15) is 0 Å². The van der Waals surface area contributed by atoms with Crippen molar-refractivity contribution in [1.29, 1.82) is 0 Å². The summed E-state index contributed by atoms with van der Waals surface area (Å²) < 4.78 is 23.6. The topological polar surface area (TPSA) is 66.4 Å². The Balaban J connectivity index is 2.52. The molecule has 1 aliphatic heterocycles. The van der Waals surface area contributed by atoms with Crippen molar-refractivity contribution in [3.05, 3.63) is 29.2 Å². The number of rotatable bonds is 3. The van der Waals surface area contributed by atoms with Gasteiger partial charge in [0.05, 0.1) is 0 Å². The molecule has 86 valence electrons. The Morgan fingerprint density at radius 3 is 2.81 bits per heavy atom. The summed E-state index contributed by atoms with van der Waals surface area (Å²) in [6.07, 6.45) is 0. The molecule has 1 aromatic rings. The minimum atomic E-state index is -3.47. The first-order valence-electron chi connectivity index (χ1n) is 5.05. The minimum Gasteiger partial charge on any atom is -0.507 e. The molecule has 0 saturated heterocycles. The van der Waals surface area contributed by atoms with Crippen molar-refractivity contribution in [2.24, 2.45) is 0 Å². The Hall–Kier alpha value is -1.33. The Bertz CT molecular complexity index is 546. The third-order valence-corrected chi connectivity index (χ3v) is 4.08. The summed E-state index contributed by atoms with van der Waals surface area (Å²) in [7, 11) is -3.47. The summed E-state index contributed by atoms with van der Waals surface area (Å²) in [5, 5.41) is 13.9. The molecule has 4 nitrogen and oxygen atoms in total. The molecule has 0 aromatic heterocycles. The van der Waals surface area contributed by atoms with Crippen molar-refractivity contribution in [1.82, 2.24) is 5.32 Å². The molecule has 0 aliphatic carbocycles. The molecule has 0 fully saturated rings. The highest BCUT2D eigenvalue weighted by atomic mass is 32.2. The summed E-state index contributed by atoms with van der Waals surface area (Å²) in [6.45, 7) is 3.21. The van der Waals surface area contributed by atoms with Gasteiger partial charge in [-0.3, -0.25) is 0 Å². The van der Waals surface area contributed by atoms with Gasteiger partial charge in [0.2, 0.25) is 9.84 Å². The van der Waals surface area contributed by atoms with Crippen molar-refractivity contribution in [3.63, 3.8) is 0 Å². The molecule has 5 heteroatoms. The fraction of sp³-hybridized carbons (Fsp3) is 0.273. The Morgan fingerprint density at radius 1 is 1.38 bits per heavy atom. The molecule has 16 heavy (non-hydrogen) atoms. The Morgan fingerprint density at radius 2 is 2.12 bits per heavy atom. The van der Waals surface area contributed by atoms with Gasteiger partial charge in [0, 0.05) is 17.5 Å². The molecule has 1 aliphatic rings. The van der Waals surface area contributed by atoms with Crippen molar-refractivity contribution < 1.29 is 13.5 Å². The lowest BCUT2D eigenvalue weighted by molar-refractivity contribution is 0.459. The number of benzene rings is 1. The number of nitrogens with one attached hydrogen (secondary N) is 1. The summed E-state index contributed by atoms with van der Waals surface area (Å²) in [4.78, 5) is 0.0305. The summed E-state index contributed by atoms with van der Waals surface area (Å²) >= 11 is 0. The van der Waals surface area contributed by atoms with Gasteiger partial charge in [0.15, 0.2) is 0 Å². The first-order chi connectivity index (χ1) is 7.56. The number of phenols is 1. The van der Waals surface area contributed by atoms with Crippen LogP contribution in [-0.2, 0) is 9.84 Å². The lowest BCUT2D eigenvalue weighted by Gasteiger charge is -2.05. The van der Waals surface area contributed by atoms with E-state index < -0.39 is 9.84 Å². The normalized spacial score (nSPS) is 16.9. The lowest BCUT2D eigenvalue weighted by atomic mass is 10.1. The van der Waals surface area contributed by atoms with Crippen LogP contribution in [0.15, 0.2) is 28.5 Å². The van der Waals surface area contributed by atoms with E-state index in [9.17, 15) is 13.5 Å². The van der Waals surface area contributed by atoms with Crippen LogP contribution in [0.1, 0.15) is 12.5 Å². The fourth-order valence-corrected chi connectivity index (χ4v) is 3.35. The largest absolute Gasteiger partial charge is 0.507 e. The molecular formula is C11H13NO3S. The average Bonchev–Trinajstić information content (AvgIpc) is 2.49. The van der Waals surface area contributed by atoms with Crippen LogP contribution in [0.25, 0.3) is 5.57 Å². The third-order valence-electron chi connectivity index (χ3n) is 2.49. The van der Waals surface area contributed by atoms with Gasteiger partial charge >= 0.3 is 0 Å². The highest BCUT2D eigenvalue weighted by molar-refractivity contribution is 7.95. The van der Waals surface area contributed by atoms with Crippen molar-refractivity contribution >= 4 is 15.4 Å². The van der Waals surface area contributed by atoms with E-state index in [4.69, 9.17) is 0 Å². The molecule has 2 N–H and O–H groups in total. The molecule has 0 bridgehead atoms. The summed E-state index contributed by atoms with van der Waals surface area (Å²) in [5.41, 5.74) is 1.30.